The molecule has 9 heavy (non-hydrogen) atoms. The third-order valence-electron chi connectivity index (χ3n) is 1.43. The second-order valence-corrected chi connectivity index (χ2v) is 2.19. The first-order chi connectivity index (χ1) is 4.63. The molecular weight excluding hydrogens is 116 g/mol. The topological polar surface area (TPSA) is 37.3 Å². The van der Waals surface area contributed by atoms with Gasteiger partial charge >= 0.3 is 0 Å². The predicted octanol–water partition coefficient (Wildman–Crippen LogP) is 0.982. The molecule has 0 spiro atoms. The van der Waals surface area contributed by atoms with Crippen LogP contribution in [0.25, 0.3) is 0 Å². The molecule has 0 heterocycles. The highest BCUT2D eigenvalue weighted by Crippen LogP contribution is 2.08. The summed E-state index contributed by atoms with van der Waals surface area (Å²) in [4.78, 5) is 10.7. The Bertz CT molecular complexity index is 114. The molecule has 0 aliphatic rings. The van der Waals surface area contributed by atoms with Crippen LogP contribution in [0, 0.1) is 5.92 Å². The van der Waals surface area contributed by atoms with Crippen molar-refractivity contribution in [3.05, 3.63) is 0 Å². The maximum absolute atomic E-state index is 10.7. The summed E-state index contributed by atoms with van der Waals surface area (Å²) in [5.41, 5.74) is 0. The minimum Gasteiger partial charge on any atom is -0.393 e. The first kappa shape index (κ1) is 6.75. The third-order valence-corrected chi connectivity index (χ3v) is 1.43. The number of aliphatic hydroxyl groups excluding tert-OH is 1. The van der Waals surface area contributed by atoms with E-state index in [1.807, 2.05) is 6.92 Å². The van der Waals surface area contributed by atoms with Crippen LogP contribution in [0.4, 0.5) is 0 Å². The number of aliphatic hydroxyl groups is 1. The molecule has 2 unspecified atom stereocenters. The van der Waals surface area contributed by atoms with E-state index in [9.17, 15) is 4.79 Å². The van der Waals surface area contributed by atoms with Crippen LogP contribution in [-0.4, -0.2) is 17.0 Å². The van der Waals surface area contributed by atoms with Crippen LogP contribution >= 0.6 is 0 Å². The second-order valence-electron chi connectivity index (χ2n) is 2.19. The molecule has 0 saturated carbocycles. The fourth-order valence-electron chi connectivity index (χ4n) is 0.830. The van der Waals surface area contributed by atoms with Gasteiger partial charge in [-0.15, -0.1) is 0 Å². The summed E-state index contributed by atoms with van der Waals surface area (Å²) in [6.07, 6.45) is -0.155. The second kappa shape index (κ2) is 3.62. The summed E-state index contributed by atoms with van der Waals surface area (Å²) in [7, 11) is 0. The lowest BCUT2D eigenvalue weighted by molar-refractivity contribution is -0.123. The van der Waals surface area contributed by atoms with Crippen molar-refractivity contribution in [3.8, 4) is 0 Å². The van der Waals surface area contributed by atoms with Crippen LogP contribution < -0.4 is 0 Å². The van der Waals surface area contributed by atoms with Crippen molar-refractivity contribution in [2.24, 2.45) is 5.92 Å². The highest BCUT2D eigenvalue weighted by Gasteiger charge is 2.16. The van der Waals surface area contributed by atoms with E-state index in [4.69, 9.17) is 6.48 Å². The van der Waals surface area contributed by atoms with Gasteiger partial charge in [0, 0.05) is 7.29 Å². The van der Waals surface area contributed by atoms with E-state index in [0.717, 1.165) is 0 Å². The summed E-state index contributed by atoms with van der Waals surface area (Å²) in [6.45, 7) is 3.20. The van der Waals surface area contributed by atoms with Crippen molar-refractivity contribution >= 4 is 5.78 Å². The molecule has 0 aliphatic heterocycles. The van der Waals surface area contributed by atoms with Gasteiger partial charge in [-0.2, -0.15) is 0 Å². The number of carbonyl (C=O) groups is 1. The van der Waals surface area contributed by atoms with Gasteiger partial charge in [-0.1, -0.05) is 6.92 Å². The van der Waals surface area contributed by atoms with Gasteiger partial charge in [0.25, 0.3) is 0 Å². The van der Waals surface area contributed by atoms with E-state index in [1.165, 1.54) is 6.92 Å². The molecular formula is C7H14O2. The Labute approximate surface area is 57.3 Å². The predicted molar refractivity (Wildman–Crippen MR) is 36.1 cm³/mol. The molecule has 0 amide bonds. The average molecular weight is 132 g/mol. The van der Waals surface area contributed by atoms with Crippen LogP contribution in [0.15, 0.2) is 0 Å². The molecule has 0 aromatic carbocycles. The van der Waals surface area contributed by atoms with Gasteiger partial charge < -0.3 is 5.11 Å². The van der Waals surface area contributed by atoms with Crippen molar-refractivity contribution in [1.82, 2.24) is 0 Å². The lowest BCUT2D eigenvalue weighted by Gasteiger charge is -2.13. The van der Waals surface area contributed by atoms with E-state index in [2.05, 4.69) is 0 Å². The Kier molecular flexibility index (Phi) is 2.71. The van der Waals surface area contributed by atoms with Gasteiger partial charge in [0.15, 0.2) is 0 Å². The zero-order chi connectivity index (χ0) is 8.15. The van der Waals surface area contributed by atoms with E-state index >= 15 is 0 Å². The summed E-state index contributed by atoms with van der Waals surface area (Å²) < 4.78 is 6.83. The molecule has 0 aliphatic carbocycles. The molecule has 54 valence electrons. The standard InChI is InChI=1S/C7H14O2/c1-4-7(5(2)8)6(3)9/h5,7-8H,4H2,1-3H3/i2T. The lowest BCUT2D eigenvalue weighted by atomic mass is 9.97. The van der Waals surface area contributed by atoms with Crippen LogP contribution in [0.3, 0.4) is 0 Å². The first-order valence-corrected chi connectivity index (χ1v) is 3.11. The zero-order valence-electron chi connectivity index (χ0n) is 6.92. The number of Topliss-reactive ketones (excluding diaryl/α,β-unsaturated/α-hetero) is 1. The summed E-state index contributed by atoms with van der Waals surface area (Å²) in [6, 6.07) is 0. The molecule has 0 saturated heterocycles. The molecule has 0 bridgehead atoms. The van der Waals surface area contributed by atoms with Crippen LogP contribution in [0.2, 0.25) is 0 Å². The zero-order valence-corrected chi connectivity index (χ0v) is 5.92. The molecule has 1 N–H and O–H groups in total. The Hall–Kier alpha value is -0.370. The van der Waals surface area contributed by atoms with Crippen molar-refractivity contribution < 1.29 is 11.3 Å². The van der Waals surface area contributed by atoms with Gasteiger partial charge in [0.1, 0.15) is 5.78 Å². The fourth-order valence-corrected chi connectivity index (χ4v) is 0.830. The number of ketones is 1. The Morgan fingerprint density at radius 2 is 2.44 bits per heavy atom. The van der Waals surface area contributed by atoms with Crippen molar-refractivity contribution in [1.29, 1.82) is 0 Å². The molecule has 0 aromatic heterocycles. The smallest absolute Gasteiger partial charge is 0.135 e. The molecule has 0 radical (unpaired) electrons. The van der Waals surface area contributed by atoms with E-state index < -0.39 is 6.10 Å². The van der Waals surface area contributed by atoms with Gasteiger partial charge in [-0.3, -0.25) is 4.79 Å². The highest BCUT2D eigenvalue weighted by atomic mass is 16.3. The minimum absolute atomic E-state index is 0.0257. The van der Waals surface area contributed by atoms with Gasteiger partial charge in [0.05, 0.1) is 6.10 Å². The van der Waals surface area contributed by atoms with E-state index in [-0.39, 0.29) is 18.6 Å². The van der Waals surface area contributed by atoms with E-state index in [1.54, 1.807) is 0 Å². The molecule has 0 fully saturated rings. The quantitative estimate of drug-likeness (QED) is 0.621. The van der Waals surface area contributed by atoms with E-state index in [0.29, 0.717) is 6.42 Å². The van der Waals surface area contributed by atoms with Crippen LogP contribution in [0.1, 0.15) is 28.5 Å². The van der Waals surface area contributed by atoms with Crippen LogP contribution in [-0.2, 0) is 4.79 Å². The summed E-state index contributed by atoms with van der Waals surface area (Å²) in [5.74, 6) is -0.361. The molecule has 0 rings (SSSR count). The van der Waals surface area contributed by atoms with Crippen molar-refractivity contribution in [3.63, 3.8) is 0 Å². The summed E-state index contributed by atoms with van der Waals surface area (Å²) in [5, 5.41) is 9.08. The normalized spacial score (nSPS) is 18.3. The molecule has 2 nitrogen and oxygen atoms in total. The van der Waals surface area contributed by atoms with Gasteiger partial charge in [0.2, 0.25) is 0 Å². The molecule has 0 aromatic rings. The maximum Gasteiger partial charge on any atom is 0.135 e. The first-order valence-electron chi connectivity index (χ1n) is 3.82. The SMILES string of the molecule is [3H]CC(O)C(CC)C(C)=O. The van der Waals surface area contributed by atoms with Crippen molar-refractivity contribution in [2.45, 2.75) is 33.3 Å². The maximum atomic E-state index is 10.7. The number of hydrogen-bond donors (Lipinski definition) is 1. The van der Waals surface area contributed by atoms with Gasteiger partial charge in [-0.25, -0.2) is 0 Å². The lowest BCUT2D eigenvalue weighted by Crippen LogP contribution is -2.22. The molecule has 2 atom stereocenters. The Morgan fingerprint density at radius 3 is 2.56 bits per heavy atom. The molecule has 2 heteroatoms. The Balaban J connectivity index is 3.92. The van der Waals surface area contributed by atoms with Crippen molar-refractivity contribution in [2.75, 3.05) is 0 Å². The number of rotatable bonds is 3. The van der Waals surface area contributed by atoms with Crippen LogP contribution in [0.5, 0.6) is 0 Å². The van der Waals surface area contributed by atoms with Gasteiger partial charge in [-0.05, 0) is 20.2 Å². The number of carbonyl (C=O) groups excluding carboxylic acids is 1. The third kappa shape index (κ3) is 2.61. The monoisotopic (exact) mass is 132 g/mol. The fraction of sp³-hybridized carbons (Fsp3) is 0.857. The average Bonchev–Trinajstić information content (AvgIpc) is 1.88. The number of hydrogen-bond acceptors (Lipinski definition) is 2. The Morgan fingerprint density at radius 1 is 1.89 bits per heavy atom. The minimum atomic E-state index is -0.775. The highest BCUT2D eigenvalue weighted by molar-refractivity contribution is 5.78. The summed E-state index contributed by atoms with van der Waals surface area (Å²) >= 11 is 0. The largest absolute Gasteiger partial charge is 0.393 e.